The van der Waals surface area contributed by atoms with E-state index in [0.717, 1.165) is 22.6 Å². The van der Waals surface area contributed by atoms with E-state index in [9.17, 15) is 14.0 Å². The minimum Gasteiger partial charge on any atom is -0.352 e. The number of aryl methyl sites for hydroxylation is 3. The molecule has 1 atom stereocenters. The lowest BCUT2D eigenvalue weighted by Crippen LogP contribution is -2.31. The van der Waals surface area contributed by atoms with Crippen LogP contribution in [-0.4, -0.2) is 25.7 Å². The molecular weight excluding hydrogens is 397 g/mol. The van der Waals surface area contributed by atoms with Crippen LogP contribution >= 0.6 is 0 Å². The maximum atomic E-state index is 13.2. The van der Waals surface area contributed by atoms with Gasteiger partial charge in [0.1, 0.15) is 11.6 Å². The lowest BCUT2D eigenvalue weighted by atomic mass is 9.98. The zero-order valence-corrected chi connectivity index (χ0v) is 18.0. The molecule has 1 unspecified atom stereocenters. The quantitative estimate of drug-likeness (QED) is 0.631. The van der Waals surface area contributed by atoms with E-state index in [-0.39, 0.29) is 23.2 Å². The standard InChI is InChI=1S/C23H26FN5O2/c1-13-19(14(2)29(3)28-13)12-25-22(30)16-6-10-18-20(11-7-16)26-21(27-23(18)31)15-4-8-17(24)9-5-15/h4-5,8-9,16H,6-7,10-12H2,1-3H3,(H,25,30)(H,26,27,31). The van der Waals surface area contributed by atoms with Crippen molar-refractivity contribution in [1.29, 1.82) is 0 Å². The monoisotopic (exact) mass is 423 g/mol. The fourth-order valence-electron chi connectivity index (χ4n) is 4.18. The van der Waals surface area contributed by atoms with Crippen molar-refractivity contribution in [2.45, 2.75) is 46.1 Å². The normalized spacial score (nSPS) is 15.9. The molecule has 0 saturated carbocycles. The van der Waals surface area contributed by atoms with Crippen LogP contribution in [0.25, 0.3) is 11.4 Å². The number of aromatic amines is 1. The first kappa shape index (κ1) is 21.0. The van der Waals surface area contributed by atoms with E-state index in [1.165, 1.54) is 12.1 Å². The number of fused-ring (bicyclic) bond motifs is 1. The molecule has 0 fully saturated rings. The van der Waals surface area contributed by atoms with Crippen molar-refractivity contribution in [2.24, 2.45) is 13.0 Å². The summed E-state index contributed by atoms with van der Waals surface area (Å²) in [6, 6.07) is 5.87. The van der Waals surface area contributed by atoms with Crippen LogP contribution in [-0.2, 0) is 31.2 Å². The minimum absolute atomic E-state index is 0.00866. The average Bonchev–Trinajstić information content (AvgIpc) is 2.89. The third kappa shape index (κ3) is 4.28. The van der Waals surface area contributed by atoms with Gasteiger partial charge in [0, 0.05) is 41.9 Å². The molecule has 7 nitrogen and oxygen atoms in total. The fourth-order valence-corrected chi connectivity index (χ4v) is 4.18. The van der Waals surface area contributed by atoms with Gasteiger partial charge in [-0.05, 0) is 63.8 Å². The molecule has 2 N–H and O–H groups in total. The molecule has 2 heterocycles. The SMILES string of the molecule is Cc1nn(C)c(C)c1CNC(=O)C1CCc2nc(-c3ccc(F)cc3)[nH]c(=O)c2CC1. The Morgan fingerprint density at radius 3 is 2.61 bits per heavy atom. The predicted molar refractivity (Wildman–Crippen MR) is 115 cm³/mol. The fraction of sp³-hybridized carbons (Fsp3) is 0.391. The third-order valence-electron chi connectivity index (χ3n) is 6.16. The van der Waals surface area contributed by atoms with Crippen LogP contribution in [0.2, 0.25) is 0 Å². The summed E-state index contributed by atoms with van der Waals surface area (Å²) in [4.78, 5) is 32.9. The van der Waals surface area contributed by atoms with E-state index in [1.807, 2.05) is 25.6 Å². The van der Waals surface area contributed by atoms with Gasteiger partial charge in [-0.25, -0.2) is 9.37 Å². The maximum absolute atomic E-state index is 13.2. The van der Waals surface area contributed by atoms with Crippen LogP contribution in [0.15, 0.2) is 29.1 Å². The van der Waals surface area contributed by atoms with Crippen LogP contribution in [0.1, 0.15) is 41.1 Å². The van der Waals surface area contributed by atoms with Gasteiger partial charge in [0.2, 0.25) is 5.91 Å². The van der Waals surface area contributed by atoms with Gasteiger partial charge in [0.15, 0.2) is 0 Å². The highest BCUT2D eigenvalue weighted by Crippen LogP contribution is 2.24. The predicted octanol–water partition coefficient (Wildman–Crippen LogP) is 2.74. The zero-order valence-electron chi connectivity index (χ0n) is 18.0. The van der Waals surface area contributed by atoms with Crippen LogP contribution < -0.4 is 10.9 Å². The van der Waals surface area contributed by atoms with E-state index in [4.69, 9.17) is 0 Å². The van der Waals surface area contributed by atoms with Gasteiger partial charge < -0.3 is 10.3 Å². The minimum atomic E-state index is -0.341. The summed E-state index contributed by atoms with van der Waals surface area (Å²) >= 11 is 0. The maximum Gasteiger partial charge on any atom is 0.254 e. The Morgan fingerprint density at radius 2 is 1.94 bits per heavy atom. The molecule has 1 aliphatic rings. The second-order valence-corrected chi connectivity index (χ2v) is 8.11. The van der Waals surface area contributed by atoms with E-state index < -0.39 is 0 Å². The van der Waals surface area contributed by atoms with Crippen molar-refractivity contribution in [1.82, 2.24) is 25.1 Å². The van der Waals surface area contributed by atoms with Gasteiger partial charge in [0.25, 0.3) is 5.56 Å². The lowest BCUT2D eigenvalue weighted by molar-refractivity contribution is -0.125. The molecule has 2 aromatic heterocycles. The number of halogens is 1. The molecule has 1 aromatic carbocycles. The van der Waals surface area contributed by atoms with Gasteiger partial charge in [-0.3, -0.25) is 14.3 Å². The highest BCUT2D eigenvalue weighted by atomic mass is 19.1. The number of rotatable bonds is 4. The molecule has 0 bridgehead atoms. The summed E-state index contributed by atoms with van der Waals surface area (Å²) in [7, 11) is 1.89. The first-order valence-corrected chi connectivity index (χ1v) is 10.5. The zero-order chi connectivity index (χ0) is 22.1. The Hall–Kier alpha value is -3.29. The summed E-state index contributed by atoms with van der Waals surface area (Å²) in [5.41, 5.74) is 4.81. The second kappa shape index (κ2) is 8.45. The number of benzene rings is 1. The summed E-state index contributed by atoms with van der Waals surface area (Å²) in [6.07, 6.45) is 2.29. The Morgan fingerprint density at radius 1 is 1.23 bits per heavy atom. The van der Waals surface area contributed by atoms with Crippen molar-refractivity contribution < 1.29 is 9.18 Å². The number of hydrogen-bond donors (Lipinski definition) is 2. The van der Waals surface area contributed by atoms with Crippen LogP contribution in [0.5, 0.6) is 0 Å². The molecule has 0 spiro atoms. The highest BCUT2D eigenvalue weighted by Gasteiger charge is 2.25. The number of aromatic nitrogens is 4. The third-order valence-corrected chi connectivity index (χ3v) is 6.16. The van der Waals surface area contributed by atoms with E-state index in [2.05, 4.69) is 20.4 Å². The van der Waals surface area contributed by atoms with E-state index in [1.54, 1.807) is 12.1 Å². The molecule has 4 rings (SSSR count). The number of nitrogens with one attached hydrogen (secondary N) is 2. The molecule has 0 aliphatic heterocycles. The molecule has 31 heavy (non-hydrogen) atoms. The van der Waals surface area contributed by atoms with Crippen LogP contribution in [0, 0.1) is 25.6 Å². The van der Waals surface area contributed by atoms with Gasteiger partial charge in [-0.15, -0.1) is 0 Å². The lowest BCUT2D eigenvalue weighted by Gasteiger charge is -2.14. The number of carbonyl (C=O) groups excluding carboxylic acids is 1. The summed E-state index contributed by atoms with van der Waals surface area (Å²) in [5.74, 6) is -0.105. The Kier molecular flexibility index (Phi) is 5.71. The summed E-state index contributed by atoms with van der Waals surface area (Å²) < 4.78 is 15.0. The van der Waals surface area contributed by atoms with E-state index >= 15 is 0 Å². The number of nitrogens with zero attached hydrogens (tertiary/aromatic N) is 3. The summed E-state index contributed by atoms with van der Waals surface area (Å²) in [6.45, 7) is 4.37. The highest BCUT2D eigenvalue weighted by molar-refractivity contribution is 5.78. The van der Waals surface area contributed by atoms with Gasteiger partial charge in [-0.2, -0.15) is 5.10 Å². The molecule has 162 valence electrons. The van der Waals surface area contributed by atoms with Crippen LogP contribution in [0.3, 0.4) is 0 Å². The number of carbonyl (C=O) groups is 1. The molecule has 0 radical (unpaired) electrons. The first-order valence-electron chi connectivity index (χ1n) is 10.5. The number of H-pyrrole nitrogens is 1. The van der Waals surface area contributed by atoms with Gasteiger partial charge >= 0.3 is 0 Å². The topological polar surface area (TPSA) is 92.7 Å². The molecule has 1 aliphatic carbocycles. The molecule has 1 amide bonds. The average molecular weight is 423 g/mol. The number of amides is 1. The van der Waals surface area contributed by atoms with Gasteiger partial charge in [0.05, 0.1) is 11.4 Å². The van der Waals surface area contributed by atoms with Crippen molar-refractivity contribution in [2.75, 3.05) is 0 Å². The van der Waals surface area contributed by atoms with Gasteiger partial charge in [-0.1, -0.05) is 0 Å². The number of hydrogen-bond acceptors (Lipinski definition) is 4. The summed E-state index contributed by atoms with van der Waals surface area (Å²) in [5, 5.41) is 7.43. The Bertz CT molecular complexity index is 1180. The largest absolute Gasteiger partial charge is 0.352 e. The Balaban J connectivity index is 1.47. The second-order valence-electron chi connectivity index (χ2n) is 8.11. The van der Waals surface area contributed by atoms with Crippen molar-refractivity contribution >= 4 is 5.91 Å². The van der Waals surface area contributed by atoms with Crippen molar-refractivity contribution in [3.8, 4) is 11.4 Å². The first-order chi connectivity index (χ1) is 14.8. The molecule has 0 saturated heterocycles. The molecule has 3 aromatic rings. The van der Waals surface area contributed by atoms with Crippen molar-refractivity contribution in [3.05, 3.63) is 68.6 Å². The van der Waals surface area contributed by atoms with Crippen molar-refractivity contribution in [3.63, 3.8) is 0 Å². The van der Waals surface area contributed by atoms with Crippen LogP contribution in [0.4, 0.5) is 4.39 Å². The smallest absolute Gasteiger partial charge is 0.254 e. The Labute approximate surface area is 179 Å². The molecule has 8 heteroatoms. The van der Waals surface area contributed by atoms with E-state index in [0.29, 0.717) is 49.2 Å². The molecular formula is C23H26FN5O2.